The van der Waals surface area contributed by atoms with E-state index >= 15 is 0 Å². The third kappa shape index (κ3) is 4.31. The number of anilines is 1. The number of carbonyl (C=O) groups is 3. The predicted octanol–water partition coefficient (Wildman–Crippen LogP) is 2.83. The van der Waals surface area contributed by atoms with Crippen molar-refractivity contribution in [2.45, 2.75) is 57.8 Å². The Morgan fingerprint density at radius 1 is 1.03 bits per heavy atom. The first-order valence-electron chi connectivity index (χ1n) is 10.9. The Bertz CT molecular complexity index is 777. The zero-order valence-electron chi connectivity index (χ0n) is 17.3. The van der Waals surface area contributed by atoms with Gasteiger partial charge in [-0.3, -0.25) is 19.7 Å². The van der Waals surface area contributed by atoms with Crippen LogP contribution in [0.5, 0.6) is 0 Å². The van der Waals surface area contributed by atoms with Gasteiger partial charge in [0.05, 0.1) is 5.41 Å². The second-order valence-corrected chi connectivity index (χ2v) is 9.09. The zero-order chi connectivity index (χ0) is 20.4. The first-order valence-corrected chi connectivity index (χ1v) is 10.9. The maximum Gasteiger partial charge on any atom is 0.233 e. The molecule has 6 nitrogen and oxygen atoms in total. The molecule has 29 heavy (non-hydrogen) atoms. The molecule has 3 heterocycles. The van der Waals surface area contributed by atoms with E-state index in [9.17, 15) is 14.4 Å². The van der Waals surface area contributed by atoms with Crippen molar-refractivity contribution >= 4 is 23.4 Å². The van der Waals surface area contributed by atoms with Gasteiger partial charge in [-0.1, -0.05) is 12.1 Å². The fourth-order valence-electron chi connectivity index (χ4n) is 4.92. The van der Waals surface area contributed by atoms with E-state index < -0.39 is 5.41 Å². The molecule has 1 atom stereocenters. The third-order valence-corrected chi connectivity index (χ3v) is 6.83. The highest BCUT2D eigenvalue weighted by Gasteiger charge is 2.44. The van der Waals surface area contributed by atoms with E-state index in [1.807, 2.05) is 4.90 Å². The van der Waals surface area contributed by atoms with Gasteiger partial charge in [-0.2, -0.15) is 0 Å². The SMILES string of the molecule is CC1(CC(=O)N2CCC(c3ccc(N4CCCCC4)cc3)CC2)CC(=O)NC1=O. The van der Waals surface area contributed by atoms with Crippen molar-refractivity contribution in [3.63, 3.8) is 0 Å². The van der Waals surface area contributed by atoms with Crippen molar-refractivity contribution in [2.75, 3.05) is 31.1 Å². The van der Waals surface area contributed by atoms with Gasteiger partial charge in [0.25, 0.3) is 0 Å². The van der Waals surface area contributed by atoms with Crippen LogP contribution in [0.1, 0.15) is 63.4 Å². The molecular formula is C23H31N3O3. The van der Waals surface area contributed by atoms with Crippen molar-refractivity contribution in [1.82, 2.24) is 10.2 Å². The van der Waals surface area contributed by atoms with Gasteiger partial charge in [-0.25, -0.2) is 0 Å². The van der Waals surface area contributed by atoms with E-state index in [0.29, 0.717) is 19.0 Å². The topological polar surface area (TPSA) is 69.7 Å². The van der Waals surface area contributed by atoms with E-state index in [2.05, 4.69) is 34.5 Å². The number of nitrogens with one attached hydrogen (secondary N) is 1. The zero-order valence-corrected chi connectivity index (χ0v) is 17.3. The van der Waals surface area contributed by atoms with Crippen LogP contribution in [-0.4, -0.2) is 48.8 Å². The molecule has 1 unspecified atom stereocenters. The highest BCUT2D eigenvalue weighted by Crippen LogP contribution is 2.34. The molecule has 0 saturated carbocycles. The van der Waals surface area contributed by atoms with Gasteiger partial charge in [0.1, 0.15) is 0 Å². The number of hydrogen-bond donors (Lipinski definition) is 1. The predicted molar refractivity (Wildman–Crippen MR) is 112 cm³/mol. The van der Waals surface area contributed by atoms with Gasteiger partial charge in [0.15, 0.2) is 0 Å². The summed E-state index contributed by atoms with van der Waals surface area (Å²) >= 11 is 0. The van der Waals surface area contributed by atoms with Gasteiger partial charge in [0.2, 0.25) is 17.7 Å². The summed E-state index contributed by atoms with van der Waals surface area (Å²) in [6.45, 7) is 5.44. The average molecular weight is 398 g/mol. The highest BCUT2D eigenvalue weighted by molar-refractivity contribution is 6.07. The summed E-state index contributed by atoms with van der Waals surface area (Å²) < 4.78 is 0. The fraction of sp³-hybridized carbons (Fsp3) is 0.609. The summed E-state index contributed by atoms with van der Waals surface area (Å²) in [4.78, 5) is 40.5. The van der Waals surface area contributed by atoms with Gasteiger partial charge in [-0.15, -0.1) is 0 Å². The summed E-state index contributed by atoms with van der Waals surface area (Å²) in [6.07, 6.45) is 6.00. The molecule has 6 heteroatoms. The number of hydrogen-bond acceptors (Lipinski definition) is 4. The molecular weight excluding hydrogens is 366 g/mol. The molecule has 0 spiro atoms. The quantitative estimate of drug-likeness (QED) is 0.793. The minimum absolute atomic E-state index is 0.0174. The second kappa shape index (κ2) is 8.17. The maximum absolute atomic E-state index is 12.7. The lowest BCUT2D eigenvalue weighted by molar-refractivity contribution is -0.139. The minimum atomic E-state index is -0.894. The molecule has 3 amide bonds. The third-order valence-electron chi connectivity index (χ3n) is 6.83. The van der Waals surface area contributed by atoms with Gasteiger partial charge in [-0.05, 0) is 62.6 Å². The maximum atomic E-state index is 12.7. The lowest BCUT2D eigenvalue weighted by Gasteiger charge is -2.34. The average Bonchev–Trinajstić information content (AvgIpc) is 2.99. The van der Waals surface area contributed by atoms with E-state index in [4.69, 9.17) is 0 Å². The van der Waals surface area contributed by atoms with E-state index in [1.165, 1.54) is 30.5 Å². The summed E-state index contributed by atoms with van der Waals surface area (Å²) in [6, 6.07) is 8.99. The summed E-state index contributed by atoms with van der Waals surface area (Å²) in [7, 11) is 0. The summed E-state index contributed by atoms with van der Waals surface area (Å²) in [5.41, 5.74) is 1.78. The minimum Gasteiger partial charge on any atom is -0.372 e. The number of amides is 3. The summed E-state index contributed by atoms with van der Waals surface area (Å²) in [5, 5.41) is 2.32. The molecule has 4 rings (SSSR count). The lowest BCUT2D eigenvalue weighted by Crippen LogP contribution is -2.41. The van der Waals surface area contributed by atoms with Crippen LogP contribution < -0.4 is 10.2 Å². The van der Waals surface area contributed by atoms with E-state index in [-0.39, 0.29) is 30.6 Å². The Balaban J connectivity index is 1.30. The molecule has 0 bridgehead atoms. The Morgan fingerprint density at radius 3 is 2.28 bits per heavy atom. The molecule has 1 N–H and O–H groups in total. The Labute approximate surface area is 172 Å². The number of likely N-dealkylation sites (tertiary alicyclic amines) is 1. The smallest absolute Gasteiger partial charge is 0.233 e. The van der Waals surface area contributed by atoms with Crippen molar-refractivity contribution < 1.29 is 14.4 Å². The van der Waals surface area contributed by atoms with Crippen molar-refractivity contribution in [1.29, 1.82) is 0 Å². The molecule has 3 fully saturated rings. The number of piperidine rings is 2. The molecule has 3 aliphatic heterocycles. The molecule has 1 aromatic carbocycles. The van der Waals surface area contributed by atoms with Crippen LogP contribution in [0.15, 0.2) is 24.3 Å². The molecule has 0 aliphatic carbocycles. The number of nitrogens with zero attached hydrogens (tertiary/aromatic N) is 2. The number of benzene rings is 1. The fourth-order valence-corrected chi connectivity index (χ4v) is 4.92. The summed E-state index contributed by atoms with van der Waals surface area (Å²) in [5.74, 6) is -0.144. The Kier molecular flexibility index (Phi) is 5.61. The molecule has 156 valence electrons. The molecule has 3 aliphatic rings. The van der Waals surface area contributed by atoms with Crippen molar-refractivity contribution in [3.05, 3.63) is 29.8 Å². The first kappa shape index (κ1) is 19.9. The van der Waals surface area contributed by atoms with Crippen molar-refractivity contribution in [2.24, 2.45) is 5.41 Å². The van der Waals surface area contributed by atoms with Gasteiger partial charge >= 0.3 is 0 Å². The normalized spacial score (nSPS) is 26.0. The Hall–Kier alpha value is -2.37. The van der Waals surface area contributed by atoms with Crippen LogP contribution in [-0.2, 0) is 14.4 Å². The van der Waals surface area contributed by atoms with Crippen LogP contribution in [0, 0.1) is 5.41 Å². The number of rotatable bonds is 4. The van der Waals surface area contributed by atoms with E-state index in [0.717, 1.165) is 25.9 Å². The van der Waals surface area contributed by atoms with Crippen LogP contribution >= 0.6 is 0 Å². The highest BCUT2D eigenvalue weighted by atomic mass is 16.2. The molecule has 1 aromatic rings. The molecule has 0 aromatic heterocycles. The monoisotopic (exact) mass is 397 g/mol. The van der Waals surface area contributed by atoms with Crippen LogP contribution in [0.4, 0.5) is 5.69 Å². The largest absolute Gasteiger partial charge is 0.372 e. The second-order valence-electron chi connectivity index (χ2n) is 9.09. The van der Waals surface area contributed by atoms with Crippen LogP contribution in [0.25, 0.3) is 0 Å². The number of carbonyl (C=O) groups excluding carboxylic acids is 3. The van der Waals surface area contributed by atoms with Crippen LogP contribution in [0.3, 0.4) is 0 Å². The van der Waals surface area contributed by atoms with Crippen molar-refractivity contribution in [3.8, 4) is 0 Å². The number of imide groups is 1. The molecule has 0 radical (unpaired) electrons. The van der Waals surface area contributed by atoms with E-state index in [1.54, 1.807) is 6.92 Å². The first-order chi connectivity index (χ1) is 13.9. The van der Waals surface area contributed by atoms with Gasteiger partial charge < -0.3 is 9.80 Å². The van der Waals surface area contributed by atoms with Gasteiger partial charge in [0, 0.05) is 44.7 Å². The van der Waals surface area contributed by atoms with Crippen LogP contribution in [0.2, 0.25) is 0 Å². The lowest BCUT2D eigenvalue weighted by atomic mass is 9.83. The Morgan fingerprint density at radius 2 is 1.69 bits per heavy atom. The standard InChI is InChI=1S/C23H31N3O3/c1-23(15-20(27)24-22(23)29)16-21(28)26-13-9-18(10-14-26)17-5-7-19(8-6-17)25-11-3-2-4-12-25/h5-8,18H,2-4,9-16H2,1H3,(H,24,27,29). The molecule has 3 saturated heterocycles.